The highest BCUT2D eigenvalue weighted by atomic mass is 35.5. The van der Waals surface area contributed by atoms with Crippen LogP contribution >= 0.6 is 11.6 Å². The topological polar surface area (TPSA) is 77.8 Å². The van der Waals surface area contributed by atoms with Crippen molar-refractivity contribution in [3.05, 3.63) is 40.7 Å². The summed E-state index contributed by atoms with van der Waals surface area (Å²) in [5.41, 5.74) is 1.45. The molecule has 0 aliphatic carbocycles. The largest absolute Gasteiger partial charge is 0.326 e. The van der Waals surface area contributed by atoms with E-state index < -0.39 is 5.41 Å². The van der Waals surface area contributed by atoms with Gasteiger partial charge >= 0.3 is 0 Å². The standard InChI is InChI=1S/C14H16ClN3O2/c1-14(2,8-15)13(20)16-10-5-3-9(4-6-10)11-7-12(19)18-17-11/h3-7H,8H2,1-2H3,(H,16,20)(H2,17,18,19). The third-order valence-electron chi connectivity index (χ3n) is 3.00. The molecule has 0 saturated carbocycles. The Morgan fingerprint density at radius 3 is 2.40 bits per heavy atom. The lowest BCUT2D eigenvalue weighted by Crippen LogP contribution is -2.32. The fourth-order valence-corrected chi connectivity index (χ4v) is 1.70. The number of alkyl halides is 1. The van der Waals surface area contributed by atoms with Crippen LogP contribution in [0.2, 0.25) is 0 Å². The van der Waals surface area contributed by atoms with Crippen LogP contribution in [0.1, 0.15) is 13.8 Å². The molecule has 1 aromatic heterocycles. The van der Waals surface area contributed by atoms with Gasteiger partial charge in [-0.25, -0.2) is 0 Å². The van der Waals surface area contributed by atoms with Crippen LogP contribution in [0.15, 0.2) is 35.1 Å². The number of aromatic nitrogens is 2. The molecule has 0 spiro atoms. The first-order valence-electron chi connectivity index (χ1n) is 6.18. The number of anilines is 1. The van der Waals surface area contributed by atoms with E-state index in [0.717, 1.165) is 5.56 Å². The molecular weight excluding hydrogens is 278 g/mol. The van der Waals surface area contributed by atoms with Gasteiger partial charge in [0.05, 0.1) is 11.1 Å². The van der Waals surface area contributed by atoms with Gasteiger partial charge in [0.1, 0.15) is 0 Å². The zero-order valence-electron chi connectivity index (χ0n) is 11.3. The van der Waals surface area contributed by atoms with Crippen LogP contribution in [0.5, 0.6) is 0 Å². The van der Waals surface area contributed by atoms with Crippen molar-refractivity contribution in [3.63, 3.8) is 0 Å². The predicted octanol–water partition coefficient (Wildman–Crippen LogP) is 2.57. The zero-order chi connectivity index (χ0) is 14.8. The van der Waals surface area contributed by atoms with Crippen molar-refractivity contribution in [1.82, 2.24) is 10.2 Å². The lowest BCUT2D eigenvalue weighted by atomic mass is 9.95. The van der Waals surface area contributed by atoms with E-state index in [2.05, 4.69) is 15.5 Å². The normalized spacial score (nSPS) is 11.3. The lowest BCUT2D eigenvalue weighted by Gasteiger charge is -2.20. The molecule has 0 saturated heterocycles. The summed E-state index contributed by atoms with van der Waals surface area (Å²) in [5.74, 6) is 0.122. The molecule has 0 bridgehead atoms. The van der Waals surface area contributed by atoms with Gasteiger partial charge in [0.15, 0.2) is 0 Å². The Balaban J connectivity index is 2.13. The number of hydrogen-bond acceptors (Lipinski definition) is 2. The van der Waals surface area contributed by atoms with E-state index in [1.54, 1.807) is 26.0 Å². The van der Waals surface area contributed by atoms with Crippen LogP contribution < -0.4 is 10.9 Å². The third kappa shape index (κ3) is 3.11. The maximum absolute atomic E-state index is 12.0. The molecule has 0 unspecified atom stereocenters. The summed E-state index contributed by atoms with van der Waals surface area (Å²) in [6.45, 7) is 3.57. The van der Waals surface area contributed by atoms with Gasteiger partial charge in [0.25, 0.3) is 5.56 Å². The first kappa shape index (κ1) is 14.4. The number of aromatic amines is 2. The van der Waals surface area contributed by atoms with Gasteiger partial charge < -0.3 is 5.32 Å². The molecule has 1 amide bonds. The number of H-pyrrole nitrogens is 2. The van der Waals surface area contributed by atoms with Crippen LogP contribution in [0, 0.1) is 5.41 Å². The van der Waals surface area contributed by atoms with E-state index >= 15 is 0 Å². The van der Waals surface area contributed by atoms with E-state index in [0.29, 0.717) is 11.4 Å². The van der Waals surface area contributed by atoms with Gasteiger partial charge in [-0.15, -0.1) is 11.6 Å². The van der Waals surface area contributed by atoms with E-state index in [1.165, 1.54) is 6.07 Å². The highest BCUT2D eigenvalue weighted by Crippen LogP contribution is 2.22. The quantitative estimate of drug-likeness (QED) is 0.758. The van der Waals surface area contributed by atoms with Crippen molar-refractivity contribution in [1.29, 1.82) is 0 Å². The fraction of sp³-hybridized carbons (Fsp3) is 0.286. The summed E-state index contributed by atoms with van der Waals surface area (Å²) < 4.78 is 0. The summed E-state index contributed by atoms with van der Waals surface area (Å²) >= 11 is 5.76. The first-order valence-corrected chi connectivity index (χ1v) is 6.71. The number of rotatable bonds is 4. The molecular formula is C14H16ClN3O2. The summed E-state index contributed by atoms with van der Waals surface area (Å²) in [6.07, 6.45) is 0. The molecule has 0 atom stereocenters. The molecule has 0 radical (unpaired) electrons. The molecule has 3 N–H and O–H groups in total. The van der Waals surface area contributed by atoms with E-state index in [9.17, 15) is 9.59 Å². The van der Waals surface area contributed by atoms with Gasteiger partial charge in [-0.3, -0.25) is 19.8 Å². The van der Waals surface area contributed by atoms with Gasteiger partial charge in [0, 0.05) is 17.6 Å². The van der Waals surface area contributed by atoms with Crippen molar-refractivity contribution >= 4 is 23.2 Å². The van der Waals surface area contributed by atoms with E-state index in [1.807, 2.05) is 12.1 Å². The maximum Gasteiger partial charge on any atom is 0.264 e. The first-order chi connectivity index (χ1) is 9.42. The Hall–Kier alpha value is -2.01. The van der Waals surface area contributed by atoms with Gasteiger partial charge in [-0.1, -0.05) is 12.1 Å². The van der Waals surface area contributed by atoms with Crippen molar-refractivity contribution in [2.45, 2.75) is 13.8 Å². The number of nitrogens with one attached hydrogen (secondary N) is 3. The number of hydrogen-bond donors (Lipinski definition) is 3. The maximum atomic E-state index is 12.0. The molecule has 0 aliphatic rings. The predicted molar refractivity (Wildman–Crippen MR) is 80.0 cm³/mol. The monoisotopic (exact) mass is 293 g/mol. The van der Waals surface area contributed by atoms with Gasteiger partial charge in [-0.05, 0) is 31.5 Å². The molecule has 106 valence electrons. The van der Waals surface area contributed by atoms with Crippen LogP contribution in [-0.4, -0.2) is 22.0 Å². The molecule has 0 aliphatic heterocycles. The Bertz CT molecular complexity index is 656. The molecule has 5 nitrogen and oxygen atoms in total. The SMILES string of the molecule is CC(C)(CCl)C(=O)Nc1ccc(-c2cc(=O)[nH][nH]2)cc1. The second-order valence-electron chi connectivity index (χ2n) is 5.22. The minimum atomic E-state index is -0.619. The summed E-state index contributed by atoms with van der Waals surface area (Å²) in [5, 5.41) is 8.06. The highest BCUT2D eigenvalue weighted by Gasteiger charge is 2.26. The molecule has 20 heavy (non-hydrogen) atoms. The van der Waals surface area contributed by atoms with E-state index in [4.69, 9.17) is 11.6 Å². The second-order valence-corrected chi connectivity index (χ2v) is 5.49. The lowest BCUT2D eigenvalue weighted by molar-refractivity contribution is -0.122. The molecule has 1 heterocycles. The smallest absolute Gasteiger partial charge is 0.264 e. The Morgan fingerprint density at radius 2 is 1.90 bits per heavy atom. The Labute approximate surface area is 121 Å². The zero-order valence-corrected chi connectivity index (χ0v) is 12.0. The average molecular weight is 294 g/mol. The number of benzene rings is 1. The molecule has 1 aromatic carbocycles. The van der Waals surface area contributed by atoms with Crippen molar-refractivity contribution in [2.75, 3.05) is 11.2 Å². The van der Waals surface area contributed by atoms with E-state index in [-0.39, 0.29) is 17.3 Å². The molecule has 2 aromatic rings. The fourth-order valence-electron chi connectivity index (χ4n) is 1.58. The number of halogens is 1. The number of carbonyl (C=O) groups excluding carboxylic acids is 1. The van der Waals surface area contributed by atoms with Crippen LogP contribution in [0.3, 0.4) is 0 Å². The minimum absolute atomic E-state index is 0.129. The van der Waals surface area contributed by atoms with Crippen molar-refractivity contribution < 1.29 is 4.79 Å². The summed E-state index contributed by atoms with van der Waals surface area (Å²) in [6, 6.07) is 8.68. The minimum Gasteiger partial charge on any atom is -0.326 e. The van der Waals surface area contributed by atoms with Crippen LogP contribution in [0.4, 0.5) is 5.69 Å². The molecule has 6 heteroatoms. The third-order valence-corrected chi connectivity index (χ3v) is 3.67. The molecule has 2 rings (SSSR count). The van der Waals surface area contributed by atoms with Crippen molar-refractivity contribution in [3.8, 4) is 11.3 Å². The van der Waals surface area contributed by atoms with Crippen LogP contribution in [-0.2, 0) is 4.79 Å². The van der Waals surface area contributed by atoms with Crippen LogP contribution in [0.25, 0.3) is 11.3 Å². The van der Waals surface area contributed by atoms with Crippen molar-refractivity contribution in [2.24, 2.45) is 5.41 Å². The summed E-state index contributed by atoms with van der Waals surface area (Å²) in [4.78, 5) is 23.0. The average Bonchev–Trinajstić information content (AvgIpc) is 2.86. The van der Waals surface area contributed by atoms with Gasteiger partial charge in [0.2, 0.25) is 5.91 Å². The Kier molecular flexibility index (Phi) is 3.99. The highest BCUT2D eigenvalue weighted by molar-refractivity contribution is 6.20. The number of amides is 1. The summed E-state index contributed by atoms with van der Waals surface area (Å²) in [7, 11) is 0. The Morgan fingerprint density at radius 1 is 1.25 bits per heavy atom. The molecule has 0 fully saturated rings. The number of carbonyl (C=O) groups is 1. The second kappa shape index (κ2) is 5.54. The van der Waals surface area contributed by atoms with Gasteiger partial charge in [-0.2, -0.15) is 0 Å².